The van der Waals surface area contributed by atoms with Gasteiger partial charge in [0.05, 0.1) is 0 Å². The van der Waals surface area contributed by atoms with Crippen molar-refractivity contribution >= 4 is 0 Å². The van der Waals surface area contributed by atoms with Crippen LogP contribution in [0.5, 0.6) is 0 Å². The molecule has 2 nitrogen and oxygen atoms in total. The molecule has 1 aromatic carbocycles. The fourth-order valence-electron chi connectivity index (χ4n) is 2.96. The quantitative estimate of drug-likeness (QED) is 0.406. The van der Waals surface area contributed by atoms with E-state index < -0.39 is 0 Å². The second-order valence-corrected chi connectivity index (χ2v) is 7.65. The van der Waals surface area contributed by atoms with Crippen molar-refractivity contribution in [1.82, 2.24) is 0 Å². The van der Waals surface area contributed by atoms with Crippen LogP contribution < -0.4 is 0 Å². The van der Waals surface area contributed by atoms with Gasteiger partial charge >= 0.3 is 0 Å². The summed E-state index contributed by atoms with van der Waals surface area (Å²) >= 11 is 0. The second-order valence-electron chi connectivity index (χ2n) is 7.65. The molecule has 2 heteroatoms. The van der Waals surface area contributed by atoms with E-state index in [-0.39, 0.29) is 0 Å². The highest BCUT2D eigenvalue weighted by molar-refractivity contribution is 5.27. The van der Waals surface area contributed by atoms with Crippen molar-refractivity contribution in [2.75, 3.05) is 6.61 Å². The summed E-state index contributed by atoms with van der Waals surface area (Å²) in [6, 6.07) is 8.34. The monoisotopic (exact) mass is 378 g/mol. The first-order valence-electron chi connectivity index (χ1n) is 10.2. The molecule has 2 rings (SSSR count). The molecule has 0 aliphatic heterocycles. The summed E-state index contributed by atoms with van der Waals surface area (Å²) in [7, 11) is 0. The van der Waals surface area contributed by atoms with Crippen LogP contribution >= 0.6 is 0 Å². The van der Waals surface area contributed by atoms with E-state index in [0.29, 0.717) is 25.0 Å². The molecule has 0 bridgehead atoms. The Labute approximate surface area is 171 Å². The molecule has 150 valence electrons. The zero-order chi connectivity index (χ0) is 20.4. The normalized spacial score (nSPS) is 17.1. The maximum absolute atomic E-state index is 6.12. The first-order valence-corrected chi connectivity index (χ1v) is 10.2. The fraction of sp³-hybridized carbons (Fsp3) is 0.385. The van der Waals surface area contributed by atoms with Crippen LogP contribution in [0, 0.1) is 18.8 Å². The molecule has 0 saturated heterocycles. The predicted octanol–water partition coefficient (Wildman–Crippen LogP) is 7.05. The van der Waals surface area contributed by atoms with Gasteiger partial charge in [0.1, 0.15) is 24.7 Å². The standard InChI is InChI=1S/C26H34O2/c1-6-7-8-9-12-21(4)18-27-25-15-24(20(2)3)16-26(17-25)28-19-23-14-11-10-13-22(23)5/h7-14,16-17,20,24H,4,6,15,18-19H2,1-3,5H3/b8-7-,12-9-. The highest BCUT2D eigenvalue weighted by Crippen LogP contribution is 2.30. The molecule has 1 aliphatic carbocycles. The Morgan fingerprint density at radius 1 is 1.21 bits per heavy atom. The molecule has 1 unspecified atom stereocenters. The van der Waals surface area contributed by atoms with Gasteiger partial charge in [-0.3, -0.25) is 0 Å². The van der Waals surface area contributed by atoms with Crippen molar-refractivity contribution in [3.63, 3.8) is 0 Å². The van der Waals surface area contributed by atoms with Crippen LogP contribution in [-0.4, -0.2) is 6.61 Å². The Morgan fingerprint density at radius 2 is 2.00 bits per heavy atom. The number of aryl methyl sites for hydroxylation is 1. The van der Waals surface area contributed by atoms with Crippen molar-refractivity contribution in [3.05, 3.63) is 95.5 Å². The molecule has 1 aliphatic rings. The molecule has 1 atom stereocenters. The van der Waals surface area contributed by atoms with Crippen molar-refractivity contribution in [1.29, 1.82) is 0 Å². The van der Waals surface area contributed by atoms with Crippen molar-refractivity contribution in [2.24, 2.45) is 11.8 Å². The van der Waals surface area contributed by atoms with Crippen molar-refractivity contribution in [2.45, 2.75) is 47.1 Å². The van der Waals surface area contributed by atoms with E-state index in [1.54, 1.807) is 0 Å². The van der Waals surface area contributed by atoms with E-state index in [4.69, 9.17) is 9.47 Å². The minimum atomic E-state index is 0.420. The maximum atomic E-state index is 6.12. The van der Waals surface area contributed by atoms with Crippen LogP contribution in [0.2, 0.25) is 0 Å². The van der Waals surface area contributed by atoms with Gasteiger partial charge in [0.2, 0.25) is 0 Å². The number of rotatable bonds is 10. The van der Waals surface area contributed by atoms with Crippen LogP contribution in [0.1, 0.15) is 44.7 Å². The molecule has 0 spiro atoms. The lowest BCUT2D eigenvalue weighted by Crippen LogP contribution is -2.14. The summed E-state index contributed by atoms with van der Waals surface area (Å²) in [5.74, 6) is 2.82. The molecule has 0 amide bonds. The molecule has 0 N–H and O–H groups in total. The molecule has 0 fully saturated rings. The van der Waals surface area contributed by atoms with E-state index in [1.165, 1.54) is 11.1 Å². The maximum Gasteiger partial charge on any atom is 0.119 e. The molecule has 1 aromatic rings. The van der Waals surface area contributed by atoms with Gasteiger partial charge in [0.15, 0.2) is 0 Å². The SMILES string of the molecule is C=C(/C=C\C=C/CC)COC1=CC(OCc2ccccc2C)=CC(C(C)C)C1. The largest absolute Gasteiger partial charge is 0.493 e. The number of hydrogen-bond acceptors (Lipinski definition) is 2. The molecule has 28 heavy (non-hydrogen) atoms. The third-order valence-electron chi connectivity index (χ3n) is 4.89. The summed E-state index contributed by atoms with van der Waals surface area (Å²) < 4.78 is 12.2. The van der Waals surface area contributed by atoms with Gasteiger partial charge in [-0.2, -0.15) is 0 Å². The lowest BCUT2D eigenvalue weighted by molar-refractivity contribution is 0.179. The van der Waals surface area contributed by atoms with Gasteiger partial charge in [-0.25, -0.2) is 0 Å². The Bertz CT molecular complexity index is 762. The third-order valence-corrected chi connectivity index (χ3v) is 4.89. The van der Waals surface area contributed by atoms with Gasteiger partial charge in [-0.1, -0.05) is 75.9 Å². The highest BCUT2D eigenvalue weighted by Gasteiger charge is 2.20. The van der Waals surface area contributed by atoms with Crippen LogP contribution in [0.3, 0.4) is 0 Å². The van der Waals surface area contributed by atoms with Gasteiger partial charge in [-0.05, 0) is 48.0 Å². The summed E-state index contributed by atoms with van der Waals surface area (Å²) in [5, 5.41) is 0. The Morgan fingerprint density at radius 3 is 2.71 bits per heavy atom. The van der Waals surface area contributed by atoms with Gasteiger partial charge in [0, 0.05) is 12.5 Å². The minimum Gasteiger partial charge on any atom is -0.493 e. The summed E-state index contributed by atoms with van der Waals surface area (Å²) in [5.41, 5.74) is 3.42. The van der Waals surface area contributed by atoms with Crippen LogP contribution in [0.4, 0.5) is 0 Å². The molecule has 0 saturated carbocycles. The molecular formula is C26H34O2. The molecule has 0 heterocycles. The highest BCUT2D eigenvalue weighted by atomic mass is 16.5. The second kappa shape index (κ2) is 11.4. The van der Waals surface area contributed by atoms with Gasteiger partial charge < -0.3 is 9.47 Å². The summed E-state index contributed by atoms with van der Waals surface area (Å²) in [6.45, 7) is 13.9. The molecule has 0 aromatic heterocycles. The van der Waals surface area contributed by atoms with Crippen molar-refractivity contribution in [3.8, 4) is 0 Å². The lowest BCUT2D eigenvalue weighted by Gasteiger charge is -2.25. The first kappa shape index (κ1) is 21.8. The smallest absolute Gasteiger partial charge is 0.119 e. The van der Waals surface area contributed by atoms with E-state index in [9.17, 15) is 0 Å². The Balaban J connectivity index is 1.98. The van der Waals surface area contributed by atoms with E-state index in [1.807, 2.05) is 24.3 Å². The average Bonchev–Trinajstić information content (AvgIpc) is 2.69. The minimum absolute atomic E-state index is 0.420. The Kier molecular flexibility index (Phi) is 8.87. The first-order chi connectivity index (χ1) is 13.5. The van der Waals surface area contributed by atoms with Crippen LogP contribution in [0.25, 0.3) is 0 Å². The lowest BCUT2D eigenvalue weighted by atomic mass is 9.88. The summed E-state index contributed by atoms with van der Waals surface area (Å²) in [4.78, 5) is 0. The summed E-state index contributed by atoms with van der Waals surface area (Å²) in [6.07, 6.45) is 14.4. The van der Waals surface area contributed by atoms with E-state index >= 15 is 0 Å². The van der Waals surface area contributed by atoms with E-state index in [2.05, 4.69) is 70.7 Å². The van der Waals surface area contributed by atoms with Gasteiger partial charge in [-0.15, -0.1) is 0 Å². The predicted molar refractivity (Wildman–Crippen MR) is 119 cm³/mol. The number of benzene rings is 1. The number of ether oxygens (including phenoxy) is 2. The number of hydrogen-bond donors (Lipinski definition) is 0. The zero-order valence-electron chi connectivity index (χ0n) is 17.8. The number of allylic oxidation sites excluding steroid dienone is 6. The molecule has 0 radical (unpaired) electrons. The Hall–Kier alpha value is -2.48. The van der Waals surface area contributed by atoms with E-state index in [0.717, 1.165) is 29.9 Å². The zero-order valence-corrected chi connectivity index (χ0v) is 17.8. The molecular weight excluding hydrogens is 344 g/mol. The topological polar surface area (TPSA) is 18.5 Å². The van der Waals surface area contributed by atoms with Gasteiger partial charge in [0.25, 0.3) is 0 Å². The van der Waals surface area contributed by atoms with Crippen LogP contribution in [-0.2, 0) is 16.1 Å². The third kappa shape index (κ3) is 7.26. The average molecular weight is 379 g/mol. The fourth-order valence-corrected chi connectivity index (χ4v) is 2.96. The van der Waals surface area contributed by atoms with Crippen molar-refractivity contribution < 1.29 is 9.47 Å². The van der Waals surface area contributed by atoms with Crippen LogP contribution in [0.15, 0.2) is 84.4 Å².